The summed E-state index contributed by atoms with van der Waals surface area (Å²) in [6, 6.07) is 12.8. The van der Waals surface area contributed by atoms with Gasteiger partial charge in [-0.3, -0.25) is 9.10 Å². The molecule has 1 heterocycles. The van der Waals surface area contributed by atoms with Crippen LogP contribution in [0, 0.1) is 0 Å². The van der Waals surface area contributed by atoms with E-state index < -0.39 is 10.0 Å². The highest BCUT2D eigenvalue weighted by atomic mass is 32.2. The van der Waals surface area contributed by atoms with Gasteiger partial charge in [0.1, 0.15) is 6.54 Å². The second-order valence-electron chi connectivity index (χ2n) is 7.02. The van der Waals surface area contributed by atoms with Crippen LogP contribution in [0.2, 0.25) is 0 Å². The van der Waals surface area contributed by atoms with Crippen LogP contribution in [0.4, 0.5) is 5.69 Å². The standard InChI is InChI=1S/C20H22N2O5S/c1-28(24,25)22(15-9-10-18-19(11-15)27-13-26-18)12-20(23)21-17-8-4-6-14-5-2-3-7-16(14)17/h2-3,5,7,9-11,17H,4,6,8,12-13H2,1H3,(H,21,23)/t17-/m1/s1. The maximum atomic E-state index is 12.7. The lowest BCUT2D eigenvalue weighted by Crippen LogP contribution is -2.42. The molecule has 0 saturated heterocycles. The molecule has 1 aliphatic heterocycles. The predicted molar refractivity (Wildman–Crippen MR) is 105 cm³/mol. The van der Waals surface area contributed by atoms with E-state index in [-0.39, 0.29) is 25.3 Å². The number of nitrogens with zero attached hydrogens (tertiary/aromatic N) is 1. The minimum atomic E-state index is -3.66. The van der Waals surface area contributed by atoms with Crippen molar-refractivity contribution in [2.75, 3.05) is 23.9 Å². The molecule has 28 heavy (non-hydrogen) atoms. The third-order valence-corrected chi connectivity index (χ3v) is 6.18. The van der Waals surface area contributed by atoms with Crippen LogP contribution < -0.4 is 19.1 Å². The molecular formula is C20H22N2O5S. The lowest BCUT2D eigenvalue weighted by atomic mass is 9.88. The summed E-state index contributed by atoms with van der Waals surface area (Å²) in [7, 11) is -3.66. The number of nitrogens with one attached hydrogen (secondary N) is 1. The van der Waals surface area contributed by atoms with Crippen LogP contribution in [-0.2, 0) is 21.2 Å². The van der Waals surface area contributed by atoms with E-state index in [0.717, 1.165) is 35.4 Å². The molecule has 7 nitrogen and oxygen atoms in total. The molecule has 0 spiro atoms. The van der Waals surface area contributed by atoms with Gasteiger partial charge < -0.3 is 14.8 Å². The van der Waals surface area contributed by atoms with Gasteiger partial charge in [-0.05, 0) is 42.5 Å². The van der Waals surface area contributed by atoms with Gasteiger partial charge in [0, 0.05) is 6.07 Å². The normalized spacial score (nSPS) is 17.7. The zero-order chi connectivity index (χ0) is 19.7. The summed E-state index contributed by atoms with van der Waals surface area (Å²) in [5.74, 6) is 0.679. The van der Waals surface area contributed by atoms with Crippen LogP contribution in [0.1, 0.15) is 30.0 Å². The van der Waals surface area contributed by atoms with Gasteiger partial charge in [0.2, 0.25) is 22.7 Å². The van der Waals surface area contributed by atoms with Crippen molar-refractivity contribution in [3.05, 3.63) is 53.6 Å². The SMILES string of the molecule is CS(=O)(=O)N(CC(=O)N[C@@H]1CCCc2ccccc21)c1ccc2c(c1)OCO2. The number of carbonyl (C=O) groups is 1. The van der Waals surface area contributed by atoms with Crippen LogP contribution in [-0.4, -0.2) is 33.9 Å². The van der Waals surface area contributed by atoms with Crippen LogP contribution in [0.25, 0.3) is 0 Å². The first-order valence-corrected chi connectivity index (χ1v) is 11.0. The summed E-state index contributed by atoms with van der Waals surface area (Å²) < 4.78 is 36.3. The predicted octanol–water partition coefficient (Wildman–Crippen LogP) is 2.38. The fourth-order valence-electron chi connectivity index (χ4n) is 3.71. The molecule has 1 aliphatic carbocycles. The lowest BCUT2D eigenvalue weighted by Gasteiger charge is -2.28. The van der Waals surface area contributed by atoms with Gasteiger partial charge in [0.25, 0.3) is 0 Å². The van der Waals surface area contributed by atoms with E-state index in [1.165, 1.54) is 5.56 Å². The molecule has 1 atom stereocenters. The summed E-state index contributed by atoms with van der Waals surface area (Å²) in [6.07, 6.45) is 3.90. The van der Waals surface area contributed by atoms with Crippen LogP contribution in [0.15, 0.2) is 42.5 Å². The molecule has 1 amide bonds. The largest absolute Gasteiger partial charge is 0.454 e. The minimum absolute atomic E-state index is 0.0965. The zero-order valence-corrected chi connectivity index (χ0v) is 16.4. The van der Waals surface area contributed by atoms with Crippen LogP contribution >= 0.6 is 0 Å². The number of hydrogen-bond donors (Lipinski definition) is 1. The number of anilines is 1. The number of carbonyl (C=O) groups excluding carboxylic acids is 1. The zero-order valence-electron chi connectivity index (χ0n) is 15.6. The molecule has 0 unspecified atom stereocenters. The summed E-state index contributed by atoms with van der Waals surface area (Å²) >= 11 is 0. The summed E-state index contributed by atoms with van der Waals surface area (Å²) in [5, 5.41) is 3.00. The Morgan fingerprint density at radius 2 is 1.96 bits per heavy atom. The van der Waals surface area contributed by atoms with Crippen LogP contribution in [0.3, 0.4) is 0 Å². The number of aryl methyl sites for hydroxylation is 1. The van der Waals surface area contributed by atoms with Crippen molar-refractivity contribution in [1.82, 2.24) is 5.32 Å². The second kappa shape index (κ2) is 7.35. The molecule has 1 N–H and O–H groups in total. The Kier molecular flexibility index (Phi) is 4.89. The van der Waals surface area contributed by atoms with Gasteiger partial charge in [0.05, 0.1) is 18.0 Å². The Morgan fingerprint density at radius 1 is 1.18 bits per heavy atom. The van der Waals surface area contributed by atoms with Gasteiger partial charge in [-0.25, -0.2) is 8.42 Å². The van der Waals surface area contributed by atoms with Crippen molar-refractivity contribution in [3.8, 4) is 11.5 Å². The van der Waals surface area contributed by atoms with E-state index >= 15 is 0 Å². The molecule has 148 valence electrons. The van der Waals surface area contributed by atoms with Gasteiger partial charge in [0.15, 0.2) is 11.5 Å². The number of fused-ring (bicyclic) bond motifs is 2. The second-order valence-corrected chi connectivity index (χ2v) is 8.93. The smallest absolute Gasteiger partial charge is 0.241 e. The maximum absolute atomic E-state index is 12.7. The van der Waals surface area contributed by atoms with Gasteiger partial charge in [-0.2, -0.15) is 0 Å². The van der Waals surface area contributed by atoms with E-state index in [2.05, 4.69) is 11.4 Å². The van der Waals surface area contributed by atoms with E-state index in [1.54, 1.807) is 18.2 Å². The quantitative estimate of drug-likeness (QED) is 0.830. The Labute approximate surface area is 164 Å². The average molecular weight is 402 g/mol. The first-order valence-electron chi connectivity index (χ1n) is 9.16. The highest BCUT2D eigenvalue weighted by molar-refractivity contribution is 7.92. The Morgan fingerprint density at radius 3 is 2.79 bits per heavy atom. The van der Waals surface area contributed by atoms with Crippen molar-refractivity contribution in [2.24, 2.45) is 0 Å². The monoisotopic (exact) mass is 402 g/mol. The van der Waals surface area contributed by atoms with E-state index in [4.69, 9.17) is 9.47 Å². The molecule has 4 rings (SSSR count). The van der Waals surface area contributed by atoms with Crippen molar-refractivity contribution >= 4 is 21.6 Å². The van der Waals surface area contributed by atoms with Crippen molar-refractivity contribution in [2.45, 2.75) is 25.3 Å². The first-order chi connectivity index (χ1) is 13.4. The molecule has 0 fully saturated rings. The summed E-state index contributed by atoms with van der Waals surface area (Å²) in [4.78, 5) is 12.7. The first kappa shape index (κ1) is 18.6. The Hall–Kier alpha value is -2.74. The third-order valence-electron chi connectivity index (χ3n) is 5.04. The Balaban J connectivity index is 1.53. The Bertz CT molecular complexity index is 1010. The minimum Gasteiger partial charge on any atom is -0.454 e. The fraction of sp³-hybridized carbons (Fsp3) is 0.350. The molecule has 0 bridgehead atoms. The highest BCUT2D eigenvalue weighted by Gasteiger charge is 2.26. The number of benzene rings is 2. The van der Waals surface area contributed by atoms with Crippen molar-refractivity contribution in [1.29, 1.82) is 0 Å². The maximum Gasteiger partial charge on any atom is 0.241 e. The van der Waals surface area contributed by atoms with Gasteiger partial charge >= 0.3 is 0 Å². The van der Waals surface area contributed by atoms with Crippen molar-refractivity contribution in [3.63, 3.8) is 0 Å². The van der Waals surface area contributed by atoms with E-state index in [9.17, 15) is 13.2 Å². The van der Waals surface area contributed by atoms with Crippen LogP contribution in [0.5, 0.6) is 11.5 Å². The number of rotatable bonds is 5. The average Bonchev–Trinajstić information content (AvgIpc) is 3.13. The van der Waals surface area contributed by atoms with Gasteiger partial charge in [-0.1, -0.05) is 24.3 Å². The molecule has 8 heteroatoms. The number of amides is 1. The summed E-state index contributed by atoms with van der Waals surface area (Å²) in [5.41, 5.74) is 2.71. The van der Waals surface area contributed by atoms with Crippen molar-refractivity contribution < 1.29 is 22.7 Å². The lowest BCUT2D eigenvalue weighted by molar-refractivity contribution is -0.120. The third kappa shape index (κ3) is 3.77. The fourth-order valence-corrected chi connectivity index (χ4v) is 4.56. The molecule has 2 aromatic rings. The molecule has 0 radical (unpaired) electrons. The number of hydrogen-bond acceptors (Lipinski definition) is 5. The summed E-state index contributed by atoms with van der Waals surface area (Å²) in [6.45, 7) is -0.198. The molecule has 2 aromatic carbocycles. The number of sulfonamides is 1. The van der Waals surface area contributed by atoms with Gasteiger partial charge in [-0.15, -0.1) is 0 Å². The molecular weight excluding hydrogens is 380 g/mol. The molecule has 0 saturated carbocycles. The molecule has 2 aliphatic rings. The van der Waals surface area contributed by atoms with E-state index in [1.807, 2.05) is 18.2 Å². The molecule has 0 aromatic heterocycles. The van der Waals surface area contributed by atoms with E-state index in [0.29, 0.717) is 17.2 Å². The topological polar surface area (TPSA) is 84.9 Å². The number of ether oxygens (including phenoxy) is 2. The highest BCUT2D eigenvalue weighted by Crippen LogP contribution is 2.36.